The third-order valence-corrected chi connectivity index (χ3v) is 4.94. The van der Waals surface area contributed by atoms with Crippen LogP contribution in [0.3, 0.4) is 0 Å². The summed E-state index contributed by atoms with van der Waals surface area (Å²) < 4.78 is 16.0. The summed E-state index contributed by atoms with van der Waals surface area (Å²) in [5.74, 6) is 0.194. The molecule has 1 aromatic heterocycles. The van der Waals surface area contributed by atoms with Crippen LogP contribution in [0, 0.1) is 6.92 Å². The fourth-order valence-electron chi connectivity index (χ4n) is 2.85. The van der Waals surface area contributed by atoms with Crippen LogP contribution in [-0.4, -0.2) is 13.1 Å². The molecule has 0 N–H and O–H groups in total. The first-order chi connectivity index (χ1) is 13.4. The van der Waals surface area contributed by atoms with Gasteiger partial charge in [-0.3, -0.25) is 4.79 Å². The third-order valence-electron chi connectivity index (χ3n) is 4.36. The second-order valence-corrected chi connectivity index (χ2v) is 7.15. The SMILES string of the molecule is COC(=O)CCc1cc2c(C)cc(=O)oc2cc1OCc1ccc(Cl)cc1Cl. The van der Waals surface area contributed by atoms with Gasteiger partial charge in [-0.2, -0.15) is 0 Å². The van der Waals surface area contributed by atoms with Crippen LogP contribution in [0.5, 0.6) is 5.75 Å². The van der Waals surface area contributed by atoms with E-state index in [-0.39, 0.29) is 19.0 Å². The topological polar surface area (TPSA) is 65.7 Å². The van der Waals surface area contributed by atoms with Crippen molar-refractivity contribution in [2.75, 3.05) is 7.11 Å². The van der Waals surface area contributed by atoms with E-state index in [1.165, 1.54) is 13.2 Å². The number of carbonyl (C=O) groups excluding carboxylic acids is 1. The van der Waals surface area contributed by atoms with Gasteiger partial charge in [0.25, 0.3) is 0 Å². The highest BCUT2D eigenvalue weighted by Gasteiger charge is 2.13. The summed E-state index contributed by atoms with van der Waals surface area (Å²) in [6.07, 6.45) is 0.626. The lowest BCUT2D eigenvalue weighted by Gasteiger charge is -2.14. The number of hydrogen-bond acceptors (Lipinski definition) is 5. The molecular formula is C21H18Cl2O5. The smallest absolute Gasteiger partial charge is 0.336 e. The van der Waals surface area contributed by atoms with Crippen molar-refractivity contribution in [1.29, 1.82) is 0 Å². The van der Waals surface area contributed by atoms with Crippen molar-refractivity contribution in [2.45, 2.75) is 26.4 Å². The van der Waals surface area contributed by atoms with Crippen molar-refractivity contribution in [3.05, 3.63) is 73.6 Å². The molecule has 0 saturated carbocycles. The van der Waals surface area contributed by atoms with Gasteiger partial charge in [0.05, 0.1) is 7.11 Å². The highest BCUT2D eigenvalue weighted by Crippen LogP contribution is 2.30. The summed E-state index contributed by atoms with van der Waals surface area (Å²) in [6, 6.07) is 10.1. The number of ether oxygens (including phenoxy) is 2. The van der Waals surface area contributed by atoms with E-state index >= 15 is 0 Å². The lowest BCUT2D eigenvalue weighted by atomic mass is 10.0. The van der Waals surface area contributed by atoms with Crippen molar-refractivity contribution in [1.82, 2.24) is 0 Å². The molecule has 3 aromatic rings. The number of methoxy groups -OCH3 is 1. The first kappa shape index (κ1) is 20.2. The number of aryl methyl sites for hydroxylation is 2. The largest absolute Gasteiger partial charge is 0.488 e. The van der Waals surface area contributed by atoms with E-state index in [1.807, 2.05) is 13.0 Å². The highest BCUT2D eigenvalue weighted by atomic mass is 35.5. The Balaban J connectivity index is 1.97. The minimum Gasteiger partial charge on any atom is -0.488 e. The molecule has 0 atom stereocenters. The lowest BCUT2D eigenvalue weighted by molar-refractivity contribution is -0.140. The van der Waals surface area contributed by atoms with Gasteiger partial charge in [-0.1, -0.05) is 29.3 Å². The van der Waals surface area contributed by atoms with Gasteiger partial charge in [-0.25, -0.2) is 4.79 Å². The van der Waals surface area contributed by atoms with Crippen molar-refractivity contribution in [3.8, 4) is 5.75 Å². The van der Waals surface area contributed by atoms with Crippen LogP contribution in [0.15, 0.2) is 45.6 Å². The van der Waals surface area contributed by atoms with Crippen LogP contribution < -0.4 is 10.4 Å². The van der Waals surface area contributed by atoms with Gasteiger partial charge >= 0.3 is 11.6 Å². The normalized spacial score (nSPS) is 10.9. The van der Waals surface area contributed by atoms with Gasteiger partial charge in [-0.15, -0.1) is 0 Å². The zero-order valence-electron chi connectivity index (χ0n) is 15.4. The third kappa shape index (κ3) is 4.66. The molecule has 146 valence electrons. The molecule has 28 heavy (non-hydrogen) atoms. The van der Waals surface area contributed by atoms with Crippen LogP contribution in [0.4, 0.5) is 0 Å². The van der Waals surface area contributed by atoms with E-state index < -0.39 is 5.63 Å². The van der Waals surface area contributed by atoms with Gasteiger partial charge in [0, 0.05) is 39.5 Å². The fourth-order valence-corrected chi connectivity index (χ4v) is 3.32. The second-order valence-electron chi connectivity index (χ2n) is 6.31. The van der Waals surface area contributed by atoms with Crippen molar-refractivity contribution < 1.29 is 18.7 Å². The van der Waals surface area contributed by atoms with Crippen LogP contribution >= 0.6 is 23.2 Å². The van der Waals surface area contributed by atoms with Crippen LogP contribution in [0.1, 0.15) is 23.1 Å². The Morgan fingerprint density at radius 3 is 2.61 bits per heavy atom. The molecule has 0 unspecified atom stereocenters. The van der Waals surface area contributed by atoms with E-state index in [0.29, 0.717) is 27.8 Å². The molecule has 5 nitrogen and oxygen atoms in total. The number of benzene rings is 2. The standard InChI is InChI=1S/C21H18Cl2O5/c1-12-7-21(25)28-19-10-18(13(8-16(12)19)4-6-20(24)26-2)27-11-14-3-5-15(22)9-17(14)23/h3,5,7-10H,4,6,11H2,1-2H3. The fraction of sp³-hybridized carbons (Fsp3) is 0.238. The van der Waals surface area contributed by atoms with Gasteiger partial charge in [0.2, 0.25) is 0 Å². The van der Waals surface area contributed by atoms with Crippen LogP contribution in [-0.2, 0) is 22.6 Å². The number of hydrogen-bond donors (Lipinski definition) is 0. The average molecular weight is 421 g/mol. The molecule has 1 heterocycles. The molecule has 0 saturated heterocycles. The predicted octanol–water partition coefficient (Wildman–Crippen LogP) is 5.09. The Bertz CT molecular complexity index is 1090. The molecule has 2 aromatic carbocycles. The Kier molecular flexibility index (Phi) is 6.27. The van der Waals surface area contributed by atoms with Crippen LogP contribution in [0.2, 0.25) is 10.0 Å². The minimum absolute atomic E-state index is 0.197. The molecule has 0 aliphatic carbocycles. The summed E-state index contributed by atoms with van der Waals surface area (Å²) in [6.45, 7) is 2.03. The maximum Gasteiger partial charge on any atom is 0.336 e. The van der Waals surface area contributed by atoms with Gasteiger partial charge in [-0.05, 0) is 42.7 Å². The Hall–Kier alpha value is -2.50. The first-order valence-corrected chi connectivity index (χ1v) is 9.34. The first-order valence-electron chi connectivity index (χ1n) is 8.58. The summed E-state index contributed by atoms with van der Waals surface area (Å²) in [5, 5.41) is 1.82. The summed E-state index contributed by atoms with van der Waals surface area (Å²) in [5.41, 5.74) is 2.34. The molecule has 0 spiro atoms. The highest BCUT2D eigenvalue weighted by molar-refractivity contribution is 6.35. The van der Waals surface area contributed by atoms with Crippen molar-refractivity contribution >= 4 is 40.1 Å². The Morgan fingerprint density at radius 2 is 1.89 bits per heavy atom. The van der Waals surface area contributed by atoms with E-state index in [0.717, 1.165) is 22.1 Å². The summed E-state index contributed by atoms with van der Waals surface area (Å²) in [7, 11) is 1.35. The Morgan fingerprint density at radius 1 is 1.11 bits per heavy atom. The molecular weight excluding hydrogens is 403 g/mol. The number of rotatable bonds is 6. The van der Waals surface area contributed by atoms with Crippen molar-refractivity contribution in [2.24, 2.45) is 0 Å². The lowest BCUT2D eigenvalue weighted by Crippen LogP contribution is -2.05. The minimum atomic E-state index is -0.431. The zero-order chi connectivity index (χ0) is 20.3. The van der Waals surface area contributed by atoms with Gasteiger partial charge in [0.15, 0.2) is 0 Å². The maximum absolute atomic E-state index is 11.7. The summed E-state index contributed by atoms with van der Waals surface area (Å²) in [4.78, 5) is 23.3. The van der Waals surface area contributed by atoms with E-state index in [4.69, 9.17) is 37.1 Å². The average Bonchev–Trinajstić information content (AvgIpc) is 2.65. The van der Waals surface area contributed by atoms with Gasteiger partial charge in [0.1, 0.15) is 17.9 Å². The predicted molar refractivity (Wildman–Crippen MR) is 108 cm³/mol. The molecule has 0 bridgehead atoms. The monoisotopic (exact) mass is 420 g/mol. The summed E-state index contributed by atoms with van der Waals surface area (Å²) >= 11 is 12.1. The molecule has 0 radical (unpaired) electrons. The second kappa shape index (κ2) is 8.67. The Labute approximate surface area is 171 Å². The van der Waals surface area contributed by atoms with E-state index in [1.54, 1.807) is 24.3 Å². The zero-order valence-corrected chi connectivity index (χ0v) is 16.9. The van der Waals surface area contributed by atoms with E-state index in [9.17, 15) is 9.59 Å². The number of esters is 1. The van der Waals surface area contributed by atoms with E-state index in [2.05, 4.69) is 0 Å². The molecule has 0 aliphatic rings. The number of fused-ring (bicyclic) bond motifs is 1. The number of halogens is 2. The molecule has 3 rings (SSSR count). The molecule has 0 fully saturated rings. The molecule has 0 aliphatic heterocycles. The van der Waals surface area contributed by atoms with Crippen LogP contribution in [0.25, 0.3) is 11.0 Å². The molecule has 7 heteroatoms. The number of carbonyl (C=O) groups is 1. The van der Waals surface area contributed by atoms with Crippen molar-refractivity contribution in [3.63, 3.8) is 0 Å². The quantitative estimate of drug-likeness (QED) is 0.410. The maximum atomic E-state index is 11.7. The molecule has 0 amide bonds. The van der Waals surface area contributed by atoms with Gasteiger partial charge < -0.3 is 13.9 Å².